The predicted molar refractivity (Wildman–Crippen MR) is 93.3 cm³/mol. The molecule has 1 fully saturated rings. The van der Waals surface area contributed by atoms with E-state index in [1.54, 1.807) is 35.8 Å². The van der Waals surface area contributed by atoms with Crippen molar-refractivity contribution in [2.45, 2.75) is 32.5 Å². The molecular formula is C17H19N3O3S. The van der Waals surface area contributed by atoms with Gasteiger partial charge in [-0.1, -0.05) is 6.92 Å². The third kappa shape index (κ3) is 3.80. The van der Waals surface area contributed by atoms with Crippen LogP contribution in [0.3, 0.4) is 0 Å². The lowest BCUT2D eigenvalue weighted by atomic mass is 10.0. The molecule has 0 spiro atoms. The van der Waals surface area contributed by atoms with Gasteiger partial charge in [0.1, 0.15) is 6.10 Å². The molecule has 7 heteroatoms. The highest BCUT2D eigenvalue weighted by Gasteiger charge is 2.34. The van der Waals surface area contributed by atoms with E-state index in [0.717, 1.165) is 6.42 Å². The summed E-state index contributed by atoms with van der Waals surface area (Å²) in [7, 11) is 0. The highest BCUT2D eigenvalue weighted by atomic mass is 32.1. The van der Waals surface area contributed by atoms with Gasteiger partial charge in [0.15, 0.2) is 5.13 Å². The zero-order valence-corrected chi connectivity index (χ0v) is 14.3. The molecular weight excluding hydrogens is 326 g/mol. The number of hydrogen-bond donors (Lipinski definition) is 2. The summed E-state index contributed by atoms with van der Waals surface area (Å²) < 4.78 is 5.65. The maximum absolute atomic E-state index is 12.3. The van der Waals surface area contributed by atoms with Crippen molar-refractivity contribution in [3.63, 3.8) is 0 Å². The smallest absolute Gasteiger partial charge is 0.257 e. The lowest BCUT2D eigenvalue weighted by Crippen LogP contribution is -2.31. The van der Waals surface area contributed by atoms with E-state index < -0.39 is 6.10 Å². The Morgan fingerprint density at radius 2 is 1.96 bits per heavy atom. The lowest BCUT2D eigenvalue weighted by Gasteiger charge is -2.15. The number of thiazole rings is 1. The summed E-state index contributed by atoms with van der Waals surface area (Å²) in [4.78, 5) is 28.4. The molecule has 3 rings (SSSR count). The summed E-state index contributed by atoms with van der Waals surface area (Å²) in [6, 6.07) is 6.75. The average Bonchev–Trinajstić information content (AvgIpc) is 3.17. The molecule has 126 valence electrons. The molecule has 0 bridgehead atoms. The first-order valence-electron chi connectivity index (χ1n) is 7.80. The van der Waals surface area contributed by atoms with E-state index >= 15 is 0 Å². The van der Waals surface area contributed by atoms with Crippen molar-refractivity contribution in [2.75, 3.05) is 10.6 Å². The van der Waals surface area contributed by atoms with Crippen LogP contribution >= 0.6 is 11.3 Å². The summed E-state index contributed by atoms with van der Waals surface area (Å²) in [5.74, 6) is -0.181. The summed E-state index contributed by atoms with van der Waals surface area (Å²) in [6.07, 6.45) is 2.19. The number of ether oxygens (including phenoxy) is 1. The lowest BCUT2D eigenvalue weighted by molar-refractivity contribution is -0.127. The minimum absolute atomic E-state index is 0.104. The standard InChI is InChI=1S/C17H19N3O3S/c1-10-9-11(2)23-14(10)16(22)19-13-5-3-12(4-6-13)15(21)20-17-18-7-8-24-17/h3-8,10-11,14H,9H2,1-2H3,(H,19,22)(H,18,20,21)/t10-,11+,14+/m0/s1. The summed E-state index contributed by atoms with van der Waals surface area (Å²) in [5.41, 5.74) is 1.14. The van der Waals surface area contributed by atoms with Gasteiger partial charge in [0.2, 0.25) is 0 Å². The van der Waals surface area contributed by atoms with Crippen molar-refractivity contribution < 1.29 is 14.3 Å². The Bertz CT molecular complexity index is 715. The first kappa shape index (κ1) is 16.6. The number of carbonyl (C=O) groups is 2. The molecule has 0 saturated carbocycles. The number of anilines is 2. The number of hydrogen-bond acceptors (Lipinski definition) is 5. The molecule has 2 heterocycles. The van der Waals surface area contributed by atoms with Crippen LogP contribution in [0.5, 0.6) is 0 Å². The van der Waals surface area contributed by atoms with Crippen molar-refractivity contribution in [1.29, 1.82) is 0 Å². The molecule has 1 aliphatic heterocycles. The number of nitrogens with zero attached hydrogens (tertiary/aromatic N) is 1. The third-order valence-corrected chi connectivity index (χ3v) is 4.61. The Labute approximate surface area is 144 Å². The minimum Gasteiger partial charge on any atom is -0.365 e. The number of nitrogens with one attached hydrogen (secondary N) is 2. The van der Waals surface area contributed by atoms with Gasteiger partial charge in [-0.2, -0.15) is 0 Å². The van der Waals surface area contributed by atoms with Crippen LogP contribution in [0.1, 0.15) is 30.6 Å². The molecule has 1 aromatic carbocycles. The second-order valence-electron chi connectivity index (χ2n) is 5.94. The van der Waals surface area contributed by atoms with Gasteiger partial charge < -0.3 is 10.1 Å². The minimum atomic E-state index is -0.423. The molecule has 2 aromatic rings. The highest BCUT2D eigenvalue weighted by molar-refractivity contribution is 7.13. The molecule has 24 heavy (non-hydrogen) atoms. The maximum Gasteiger partial charge on any atom is 0.257 e. The van der Waals surface area contributed by atoms with E-state index in [1.165, 1.54) is 11.3 Å². The van der Waals surface area contributed by atoms with Gasteiger partial charge in [0, 0.05) is 22.8 Å². The molecule has 1 saturated heterocycles. The van der Waals surface area contributed by atoms with Crippen LogP contribution in [0.15, 0.2) is 35.8 Å². The molecule has 2 N–H and O–H groups in total. The number of aromatic nitrogens is 1. The van der Waals surface area contributed by atoms with E-state index in [-0.39, 0.29) is 23.8 Å². The molecule has 3 atom stereocenters. The highest BCUT2D eigenvalue weighted by Crippen LogP contribution is 2.26. The molecule has 2 amide bonds. The van der Waals surface area contributed by atoms with Crippen LogP contribution in [-0.2, 0) is 9.53 Å². The number of carbonyl (C=O) groups excluding carboxylic acids is 2. The summed E-state index contributed by atoms with van der Waals surface area (Å²) in [5, 5.41) is 7.90. The van der Waals surface area contributed by atoms with Gasteiger partial charge in [-0.25, -0.2) is 4.98 Å². The van der Waals surface area contributed by atoms with Crippen molar-refractivity contribution in [3.05, 3.63) is 41.4 Å². The fraction of sp³-hybridized carbons (Fsp3) is 0.353. The number of benzene rings is 1. The van der Waals surface area contributed by atoms with Crippen molar-refractivity contribution in [3.8, 4) is 0 Å². The number of rotatable bonds is 4. The van der Waals surface area contributed by atoms with Gasteiger partial charge in [-0.3, -0.25) is 14.9 Å². The molecule has 1 aliphatic rings. The van der Waals surface area contributed by atoms with Gasteiger partial charge in [-0.15, -0.1) is 11.3 Å². The summed E-state index contributed by atoms with van der Waals surface area (Å²) >= 11 is 1.36. The molecule has 0 radical (unpaired) electrons. The number of amides is 2. The van der Waals surface area contributed by atoms with Crippen LogP contribution in [0.4, 0.5) is 10.8 Å². The van der Waals surface area contributed by atoms with Crippen LogP contribution in [0.25, 0.3) is 0 Å². The normalized spacial score (nSPS) is 23.0. The second kappa shape index (κ2) is 7.11. The third-order valence-electron chi connectivity index (χ3n) is 3.93. The molecule has 6 nitrogen and oxygen atoms in total. The van der Waals surface area contributed by atoms with E-state index in [9.17, 15) is 9.59 Å². The van der Waals surface area contributed by atoms with Crippen molar-refractivity contribution >= 4 is 34.0 Å². The largest absolute Gasteiger partial charge is 0.365 e. The van der Waals surface area contributed by atoms with E-state index in [1.807, 2.05) is 13.8 Å². The monoisotopic (exact) mass is 345 g/mol. The van der Waals surface area contributed by atoms with E-state index in [4.69, 9.17) is 4.74 Å². The van der Waals surface area contributed by atoms with Gasteiger partial charge in [0.25, 0.3) is 11.8 Å². The maximum atomic E-state index is 12.3. The Balaban J connectivity index is 1.60. The first-order chi connectivity index (χ1) is 11.5. The van der Waals surface area contributed by atoms with E-state index in [0.29, 0.717) is 16.4 Å². The molecule has 0 aliphatic carbocycles. The average molecular weight is 345 g/mol. The fourth-order valence-corrected chi connectivity index (χ4v) is 3.30. The zero-order valence-electron chi connectivity index (χ0n) is 13.5. The van der Waals surface area contributed by atoms with Crippen LogP contribution in [0, 0.1) is 5.92 Å². The Morgan fingerprint density at radius 1 is 1.21 bits per heavy atom. The van der Waals surface area contributed by atoms with Crippen LogP contribution < -0.4 is 10.6 Å². The van der Waals surface area contributed by atoms with Crippen molar-refractivity contribution in [1.82, 2.24) is 4.98 Å². The van der Waals surface area contributed by atoms with Crippen LogP contribution in [0.2, 0.25) is 0 Å². The Morgan fingerprint density at radius 3 is 2.54 bits per heavy atom. The first-order valence-corrected chi connectivity index (χ1v) is 8.68. The molecule has 1 aromatic heterocycles. The zero-order chi connectivity index (χ0) is 17.1. The second-order valence-corrected chi connectivity index (χ2v) is 6.83. The van der Waals surface area contributed by atoms with Gasteiger partial charge >= 0.3 is 0 Å². The topological polar surface area (TPSA) is 80.3 Å². The fourth-order valence-electron chi connectivity index (χ4n) is 2.78. The Hall–Kier alpha value is -2.25. The quantitative estimate of drug-likeness (QED) is 0.892. The predicted octanol–water partition coefficient (Wildman–Crippen LogP) is 3.15. The van der Waals surface area contributed by atoms with Crippen LogP contribution in [-0.4, -0.2) is 29.0 Å². The SMILES string of the molecule is C[C@@H]1C[C@H](C)[C@H](C(=O)Nc2ccc(C(=O)Nc3nccs3)cc2)O1. The van der Waals surface area contributed by atoms with Gasteiger partial charge in [-0.05, 0) is 43.5 Å². The molecule has 0 unspecified atom stereocenters. The van der Waals surface area contributed by atoms with Crippen molar-refractivity contribution in [2.24, 2.45) is 5.92 Å². The van der Waals surface area contributed by atoms with E-state index in [2.05, 4.69) is 15.6 Å². The summed E-state index contributed by atoms with van der Waals surface area (Å²) in [6.45, 7) is 3.99. The van der Waals surface area contributed by atoms with Gasteiger partial charge in [0.05, 0.1) is 6.10 Å². The Kier molecular flexibility index (Phi) is 4.92.